The molecule has 0 heterocycles. The first-order valence-corrected chi connectivity index (χ1v) is 33.6. The highest BCUT2D eigenvalue weighted by molar-refractivity contribution is 5.71. The Balaban J connectivity index is 4.33. The first-order valence-electron chi connectivity index (χ1n) is 33.6. The maximum absolute atomic E-state index is 12.9. The topological polar surface area (TPSA) is 78.9 Å². The molecule has 0 saturated heterocycles. The summed E-state index contributed by atoms with van der Waals surface area (Å²) in [6, 6.07) is 0. The third kappa shape index (κ3) is 67.4. The van der Waals surface area contributed by atoms with E-state index >= 15 is 0 Å². The van der Waals surface area contributed by atoms with Crippen molar-refractivity contribution in [3.05, 3.63) is 170 Å². The fraction of sp³-hybridized carbons (Fsp3) is 0.597. The Morgan fingerprint density at radius 3 is 0.759 bits per heavy atom. The second-order valence-corrected chi connectivity index (χ2v) is 21.6. The third-order valence-corrected chi connectivity index (χ3v) is 13.7. The van der Waals surface area contributed by atoms with E-state index < -0.39 is 6.10 Å². The standard InChI is InChI=1S/C77H122O6/c1-4-7-10-13-16-19-21-23-25-27-29-31-33-34-35-36-37-38-39-40-41-42-44-45-47-49-51-53-55-58-61-64-67-70-76(79)82-73-74(72-81-75(78)69-66-63-60-57-18-15-12-9-6-3)83-77(80)71-68-65-62-59-56-54-52-50-48-46-43-32-30-28-26-24-22-20-17-14-11-8-5-2/h7-8,10-11,16-17,19-20,23-26,29-32,34-35,37-38,40-41,44-45,49,51,55,58,74H,4-6,9,12-15,18,21-22,27-28,33,36,39,42-43,46-48,50,52-54,56-57,59-73H2,1-3H3/b10-7-,11-8-,19-16-,20-17-,25-23-,26-24-,31-29-,32-30-,35-34-,38-37-,41-40-,45-44-,51-49-,58-55-. The maximum Gasteiger partial charge on any atom is 0.306 e. The summed E-state index contributed by atoms with van der Waals surface area (Å²) in [6.07, 6.45) is 102. The summed E-state index contributed by atoms with van der Waals surface area (Å²) < 4.78 is 16.9. The highest BCUT2D eigenvalue weighted by atomic mass is 16.6. The zero-order valence-corrected chi connectivity index (χ0v) is 53.4. The molecule has 0 N–H and O–H groups in total. The second kappa shape index (κ2) is 69.3. The van der Waals surface area contributed by atoms with Gasteiger partial charge in [-0.25, -0.2) is 0 Å². The lowest BCUT2D eigenvalue weighted by atomic mass is 10.0. The summed E-state index contributed by atoms with van der Waals surface area (Å²) in [5.41, 5.74) is 0. The minimum absolute atomic E-state index is 0.0983. The van der Waals surface area contributed by atoms with Crippen LogP contribution in [-0.4, -0.2) is 37.2 Å². The van der Waals surface area contributed by atoms with Crippen LogP contribution in [-0.2, 0) is 28.6 Å². The highest BCUT2D eigenvalue weighted by Crippen LogP contribution is 2.15. The molecule has 0 aliphatic rings. The van der Waals surface area contributed by atoms with E-state index in [-0.39, 0.29) is 31.1 Å². The normalized spacial score (nSPS) is 13.2. The van der Waals surface area contributed by atoms with Gasteiger partial charge in [0.15, 0.2) is 6.10 Å². The van der Waals surface area contributed by atoms with Gasteiger partial charge in [0.1, 0.15) is 13.2 Å². The summed E-state index contributed by atoms with van der Waals surface area (Å²) >= 11 is 0. The highest BCUT2D eigenvalue weighted by Gasteiger charge is 2.19. The molecule has 0 fully saturated rings. The SMILES string of the molecule is CC/C=C\C/C=C\C/C=C\C/C=C\C/C=C\C/C=C\C/C=C\C/C=C\C/C=C\C/C=C\CCCCC(=O)OCC(COC(=O)CCCCCCCCCCC)OC(=O)CCCCCCCCCCCC/C=C\C/C=C\C/C=C\C/C=C\CC. The third-order valence-electron chi connectivity index (χ3n) is 13.7. The summed E-state index contributed by atoms with van der Waals surface area (Å²) in [7, 11) is 0. The van der Waals surface area contributed by atoms with E-state index in [0.717, 1.165) is 141 Å². The minimum Gasteiger partial charge on any atom is -0.462 e. The molecular formula is C77H122O6. The van der Waals surface area contributed by atoms with Crippen molar-refractivity contribution in [2.24, 2.45) is 0 Å². The Kier molecular flexibility index (Phi) is 64.9. The molecule has 0 radical (unpaired) electrons. The van der Waals surface area contributed by atoms with E-state index in [1.54, 1.807) is 0 Å². The fourth-order valence-electron chi connectivity index (χ4n) is 8.76. The van der Waals surface area contributed by atoms with Crippen LogP contribution in [0.1, 0.15) is 278 Å². The number of rotatable bonds is 59. The number of hydrogen-bond donors (Lipinski definition) is 0. The van der Waals surface area contributed by atoms with E-state index in [4.69, 9.17) is 14.2 Å². The van der Waals surface area contributed by atoms with Crippen LogP contribution in [0.2, 0.25) is 0 Å². The van der Waals surface area contributed by atoms with E-state index in [1.807, 2.05) is 0 Å². The van der Waals surface area contributed by atoms with Gasteiger partial charge in [-0.05, 0) is 135 Å². The lowest BCUT2D eigenvalue weighted by molar-refractivity contribution is -0.167. The maximum atomic E-state index is 12.9. The Bertz CT molecular complexity index is 1890. The first-order chi connectivity index (χ1) is 41.0. The molecule has 0 spiro atoms. The van der Waals surface area contributed by atoms with Gasteiger partial charge in [0.2, 0.25) is 0 Å². The van der Waals surface area contributed by atoms with Gasteiger partial charge in [0.25, 0.3) is 0 Å². The fourth-order valence-corrected chi connectivity index (χ4v) is 8.76. The van der Waals surface area contributed by atoms with Crippen LogP contribution in [0.3, 0.4) is 0 Å². The summed E-state index contributed by atoms with van der Waals surface area (Å²) in [5, 5.41) is 0. The predicted molar refractivity (Wildman–Crippen MR) is 361 cm³/mol. The van der Waals surface area contributed by atoms with Crippen molar-refractivity contribution in [1.29, 1.82) is 0 Å². The molecule has 1 unspecified atom stereocenters. The van der Waals surface area contributed by atoms with Gasteiger partial charge in [0.05, 0.1) is 0 Å². The molecule has 0 rings (SSSR count). The molecule has 0 aromatic rings. The van der Waals surface area contributed by atoms with Gasteiger partial charge in [-0.2, -0.15) is 0 Å². The lowest BCUT2D eigenvalue weighted by Gasteiger charge is -2.18. The van der Waals surface area contributed by atoms with E-state index in [1.165, 1.54) is 89.9 Å². The van der Waals surface area contributed by atoms with Crippen molar-refractivity contribution < 1.29 is 28.6 Å². The number of allylic oxidation sites excluding steroid dienone is 28. The summed E-state index contributed by atoms with van der Waals surface area (Å²) in [5.74, 6) is -0.954. The van der Waals surface area contributed by atoms with E-state index in [0.29, 0.717) is 25.7 Å². The molecule has 0 aromatic carbocycles. The van der Waals surface area contributed by atoms with Crippen molar-refractivity contribution in [3.8, 4) is 0 Å². The van der Waals surface area contributed by atoms with Crippen LogP contribution in [0, 0.1) is 0 Å². The lowest BCUT2D eigenvalue weighted by Crippen LogP contribution is -2.30. The molecular weight excluding hydrogens is 1020 g/mol. The van der Waals surface area contributed by atoms with Crippen LogP contribution >= 0.6 is 0 Å². The Morgan fingerprint density at radius 1 is 0.253 bits per heavy atom. The van der Waals surface area contributed by atoms with Gasteiger partial charge in [-0.3, -0.25) is 14.4 Å². The van der Waals surface area contributed by atoms with Crippen molar-refractivity contribution in [3.63, 3.8) is 0 Å². The first kappa shape index (κ1) is 77.8. The van der Waals surface area contributed by atoms with Crippen LogP contribution in [0.15, 0.2) is 170 Å². The second-order valence-electron chi connectivity index (χ2n) is 21.6. The van der Waals surface area contributed by atoms with E-state index in [2.05, 4.69) is 191 Å². The smallest absolute Gasteiger partial charge is 0.306 e. The number of hydrogen-bond acceptors (Lipinski definition) is 6. The molecule has 6 heteroatoms. The zero-order valence-electron chi connectivity index (χ0n) is 53.4. The molecule has 0 bridgehead atoms. The Labute approximate surface area is 511 Å². The average molecular weight is 1140 g/mol. The molecule has 0 amide bonds. The van der Waals surface area contributed by atoms with Crippen molar-refractivity contribution in [1.82, 2.24) is 0 Å². The summed E-state index contributed by atoms with van der Waals surface area (Å²) in [6.45, 7) is 6.35. The van der Waals surface area contributed by atoms with E-state index in [9.17, 15) is 14.4 Å². The molecule has 83 heavy (non-hydrogen) atoms. The largest absolute Gasteiger partial charge is 0.462 e. The van der Waals surface area contributed by atoms with Crippen LogP contribution < -0.4 is 0 Å². The number of carbonyl (C=O) groups is 3. The monoisotopic (exact) mass is 1140 g/mol. The molecule has 6 nitrogen and oxygen atoms in total. The quantitative estimate of drug-likeness (QED) is 0.0261. The van der Waals surface area contributed by atoms with Gasteiger partial charge >= 0.3 is 17.9 Å². The van der Waals surface area contributed by atoms with Gasteiger partial charge in [-0.1, -0.05) is 294 Å². The zero-order chi connectivity index (χ0) is 59.9. The Hall–Kier alpha value is -5.23. The molecule has 0 aromatic heterocycles. The molecule has 0 saturated carbocycles. The van der Waals surface area contributed by atoms with Crippen LogP contribution in [0.4, 0.5) is 0 Å². The van der Waals surface area contributed by atoms with Crippen molar-refractivity contribution in [2.75, 3.05) is 13.2 Å². The van der Waals surface area contributed by atoms with Crippen LogP contribution in [0.25, 0.3) is 0 Å². The minimum atomic E-state index is -0.805. The van der Waals surface area contributed by atoms with Crippen LogP contribution in [0.5, 0.6) is 0 Å². The molecule has 0 aliphatic carbocycles. The average Bonchev–Trinajstić information content (AvgIpc) is 3.49. The number of ether oxygens (including phenoxy) is 3. The van der Waals surface area contributed by atoms with Gasteiger partial charge in [-0.15, -0.1) is 0 Å². The number of unbranched alkanes of at least 4 members (excludes halogenated alkanes) is 20. The van der Waals surface area contributed by atoms with Crippen molar-refractivity contribution in [2.45, 2.75) is 284 Å². The predicted octanol–water partition coefficient (Wildman–Crippen LogP) is 23.4. The van der Waals surface area contributed by atoms with Gasteiger partial charge < -0.3 is 14.2 Å². The molecule has 0 aliphatic heterocycles. The molecule has 1 atom stereocenters. The van der Waals surface area contributed by atoms with Gasteiger partial charge in [0, 0.05) is 19.3 Å². The van der Waals surface area contributed by atoms with Crippen molar-refractivity contribution >= 4 is 17.9 Å². The molecule has 466 valence electrons. The summed E-state index contributed by atoms with van der Waals surface area (Å²) in [4.78, 5) is 38.2. The Morgan fingerprint density at radius 2 is 0.470 bits per heavy atom. The number of carbonyl (C=O) groups excluding carboxylic acids is 3. The number of esters is 3.